The molecule has 0 unspecified atom stereocenters. The van der Waals surface area contributed by atoms with E-state index in [2.05, 4.69) is 41.5 Å². The van der Waals surface area contributed by atoms with Crippen molar-refractivity contribution in [2.24, 2.45) is 5.92 Å². The SMILES string of the molecule is CCCCCCCCI1CCC(CNC[C@H](O)COc2cccc3[nH]c4ccccc4c23)CC1. The second-order valence-electron chi connectivity index (χ2n) is 9.82. The van der Waals surface area contributed by atoms with Crippen LogP contribution in [0.25, 0.3) is 21.8 Å². The first-order valence-corrected chi connectivity index (χ1v) is 17.9. The standard InChI is InChI=1S/C29H43IN2O2/c1-2-3-4-5-6-9-17-30-18-15-23(16-19-30)20-31-21-24(33)22-34-28-14-10-13-27-29(28)25-11-7-8-12-26(25)32-27/h7-8,10-14,23-24,31-33H,2-6,9,15-22H2,1H3/t24-/m0/s1. The number of para-hydroxylation sites is 1. The first-order valence-electron chi connectivity index (χ1n) is 13.3. The zero-order chi connectivity index (χ0) is 23.6. The van der Waals surface area contributed by atoms with Gasteiger partial charge < -0.3 is 4.98 Å². The van der Waals surface area contributed by atoms with Crippen LogP contribution in [0.2, 0.25) is 0 Å². The Bertz CT molecular complexity index is 996. The number of alkyl halides is 3. The molecule has 1 saturated heterocycles. The van der Waals surface area contributed by atoms with Gasteiger partial charge >= 0.3 is 172 Å². The Hall–Kier alpha value is -1.31. The van der Waals surface area contributed by atoms with Gasteiger partial charge in [-0.1, -0.05) is 18.2 Å². The van der Waals surface area contributed by atoms with E-state index in [9.17, 15) is 5.11 Å². The second-order valence-corrected chi connectivity index (χ2v) is 16.3. The zero-order valence-corrected chi connectivity index (χ0v) is 23.0. The molecule has 1 aliphatic rings. The van der Waals surface area contributed by atoms with E-state index in [-0.39, 0.29) is 0 Å². The summed E-state index contributed by atoms with van der Waals surface area (Å²) in [7, 11) is 0. The Labute approximate surface area is 212 Å². The van der Waals surface area contributed by atoms with Crippen molar-refractivity contribution in [3.63, 3.8) is 0 Å². The first-order chi connectivity index (χ1) is 16.7. The van der Waals surface area contributed by atoms with Gasteiger partial charge in [0.1, 0.15) is 0 Å². The van der Waals surface area contributed by atoms with Crippen molar-refractivity contribution in [1.82, 2.24) is 10.3 Å². The summed E-state index contributed by atoms with van der Waals surface area (Å²) < 4.78 is 10.8. The van der Waals surface area contributed by atoms with Gasteiger partial charge in [0.2, 0.25) is 0 Å². The van der Waals surface area contributed by atoms with E-state index in [1.54, 1.807) is 13.3 Å². The van der Waals surface area contributed by atoms with Gasteiger partial charge in [0.25, 0.3) is 0 Å². The topological polar surface area (TPSA) is 57.3 Å². The third kappa shape index (κ3) is 7.34. The Morgan fingerprint density at radius 2 is 1.76 bits per heavy atom. The maximum atomic E-state index is 10.5. The van der Waals surface area contributed by atoms with Crippen LogP contribution in [-0.2, 0) is 0 Å². The molecule has 34 heavy (non-hydrogen) atoms. The second kappa shape index (κ2) is 13.7. The fraction of sp³-hybridized carbons (Fsp3) is 0.586. The molecule has 2 aromatic carbocycles. The quantitative estimate of drug-likeness (QED) is 0.111. The zero-order valence-electron chi connectivity index (χ0n) is 20.8. The van der Waals surface area contributed by atoms with E-state index < -0.39 is 25.9 Å². The van der Waals surface area contributed by atoms with Gasteiger partial charge in [0, 0.05) is 5.52 Å². The molecule has 4 rings (SSSR count). The molecule has 0 saturated carbocycles. The molecule has 1 aliphatic heterocycles. The molecule has 1 fully saturated rings. The van der Waals surface area contributed by atoms with Crippen LogP contribution in [0.3, 0.4) is 0 Å². The number of aliphatic hydroxyl groups excluding tert-OH is 1. The minimum atomic E-state index is -0.637. The molecule has 0 bridgehead atoms. The Kier molecular flexibility index (Phi) is 10.4. The van der Waals surface area contributed by atoms with Crippen LogP contribution < -0.4 is 10.1 Å². The van der Waals surface area contributed by atoms with Crippen molar-refractivity contribution in [2.45, 2.75) is 64.4 Å². The molecular formula is C29H43IN2O2. The molecular weight excluding hydrogens is 535 g/mol. The van der Waals surface area contributed by atoms with Crippen molar-refractivity contribution in [3.8, 4) is 5.75 Å². The average molecular weight is 579 g/mol. The Balaban J connectivity index is 1.12. The Morgan fingerprint density at radius 1 is 1.00 bits per heavy atom. The number of benzene rings is 2. The number of aliphatic hydroxyl groups is 1. The fourth-order valence-corrected chi connectivity index (χ4v) is 11.8. The number of rotatable bonds is 14. The van der Waals surface area contributed by atoms with Crippen LogP contribution in [0.15, 0.2) is 42.5 Å². The van der Waals surface area contributed by atoms with Crippen LogP contribution in [0.5, 0.6) is 5.75 Å². The molecule has 5 heteroatoms. The predicted molar refractivity (Wildman–Crippen MR) is 155 cm³/mol. The fourth-order valence-electron chi connectivity index (χ4n) is 5.00. The molecule has 0 radical (unpaired) electrons. The normalized spacial score (nSPS) is 16.9. The molecule has 1 aromatic heterocycles. The molecule has 0 spiro atoms. The molecule has 4 nitrogen and oxygen atoms in total. The number of hydrogen-bond donors (Lipinski definition) is 3. The number of nitrogens with one attached hydrogen (secondary N) is 2. The van der Waals surface area contributed by atoms with Gasteiger partial charge in [-0.15, -0.1) is 0 Å². The van der Waals surface area contributed by atoms with Gasteiger partial charge in [-0.25, -0.2) is 0 Å². The summed E-state index contributed by atoms with van der Waals surface area (Å²) in [6, 6.07) is 14.4. The summed E-state index contributed by atoms with van der Waals surface area (Å²) in [5.74, 6) is 1.63. The third-order valence-corrected chi connectivity index (χ3v) is 13.6. The summed E-state index contributed by atoms with van der Waals surface area (Å²) >= 11 is -0.637. The van der Waals surface area contributed by atoms with Crippen molar-refractivity contribution < 1.29 is 9.84 Å². The summed E-state index contributed by atoms with van der Waals surface area (Å²) in [6.07, 6.45) is 10.9. The number of aromatic amines is 1. The molecule has 2 heterocycles. The number of halogens is 1. The van der Waals surface area contributed by atoms with E-state index in [4.69, 9.17) is 4.74 Å². The van der Waals surface area contributed by atoms with Crippen molar-refractivity contribution in [2.75, 3.05) is 33.0 Å². The number of aromatic nitrogens is 1. The van der Waals surface area contributed by atoms with E-state index in [1.807, 2.05) is 18.2 Å². The van der Waals surface area contributed by atoms with Gasteiger partial charge in [-0.05, 0) is 12.1 Å². The van der Waals surface area contributed by atoms with Crippen LogP contribution in [-0.4, -0.2) is 49.2 Å². The van der Waals surface area contributed by atoms with Crippen molar-refractivity contribution in [3.05, 3.63) is 42.5 Å². The summed E-state index contributed by atoms with van der Waals surface area (Å²) in [4.78, 5) is 3.45. The molecule has 0 amide bonds. The van der Waals surface area contributed by atoms with E-state index >= 15 is 0 Å². The van der Waals surface area contributed by atoms with Gasteiger partial charge in [-0.3, -0.25) is 0 Å². The van der Waals surface area contributed by atoms with E-state index in [0.29, 0.717) is 13.2 Å². The van der Waals surface area contributed by atoms with Crippen LogP contribution in [0.1, 0.15) is 58.3 Å². The van der Waals surface area contributed by atoms with Gasteiger partial charge in [0.15, 0.2) is 0 Å². The minimum absolute atomic E-state index is 0.310. The van der Waals surface area contributed by atoms with Crippen LogP contribution in [0.4, 0.5) is 0 Å². The van der Waals surface area contributed by atoms with Crippen molar-refractivity contribution >= 4 is 41.6 Å². The van der Waals surface area contributed by atoms with E-state index in [1.165, 1.54) is 51.4 Å². The number of ether oxygens (including phenoxy) is 1. The molecule has 1 atom stereocenters. The summed E-state index contributed by atoms with van der Waals surface area (Å²) in [5, 5.41) is 16.3. The monoisotopic (exact) mass is 578 g/mol. The van der Waals surface area contributed by atoms with E-state index in [0.717, 1.165) is 40.0 Å². The van der Waals surface area contributed by atoms with Crippen LogP contribution >= 0.6 is 19.8 Å². The molecule has 188 valence electrons. The first kappa shape index (κ1) is 25.8. The number of fused-ring (bicyclic) bond motifs is 3. The third-order valence-electron chi connectivity index (χ3n) is 7.06. The summed E-state index contributed by atoms with van der Waals surface area (Å²) in [5.41, 5.74) is 2.18. The van der Waals surface area contributed by atoms with Crippen LogP contribution in [0, 0.1) is 5.92 Å². The molecule has 0 aliphatic carbocycles. The Morgan fingerprint density at radius 3 is 2.62 bits per heavy atom. The predicted octanol–water partition coefficient (Wildman–Crippen LogP) is 6.93. The molecule has 3 N–H and O–H groups in total. The average Bonchev–Trinajstić information content (AvgIpc) is 3.25. The van der Waals surface area contributed by atoms with Gasteiger partial charge in [0.05, 0.1) is 0 Å². The number of unbranched alkanes of at least 4 members (excludes halogenated alkanes) is 5. The number of hydrogen-bond acceptors (Lipinski definition) is 3. The van der Waals surface area contributed by atoms with Crippen molar-refractivity contribution in [1.29, 1.82) is 0 Å². The summed E-state index contributed by atoms with van der Waals surface area (Å²) in [6.45, 7) is 4.24. The number of H-pyrrole nitrogens is 1. The molecule has 3 aromatic rings. The maximum absolute atomic E-state index is 10.5. The van der Waals surface area contributed by atoms with Gasteiger partial charge in [-0.2, -0.15) is 0 Å².